The van der Waals surface area contributed by atoms with Crippen LogP contribution in [0.25, 0.3) is 32.0 Å². The minimum atomic E-state index is -0.116. The number of allylic oxidation sites excluding steroid dienone is 1. The number of rotatable bonds is 7. The van der Waals surface area contributed by atoms with E-state index < -0.39 is 0 Å². The van der Waals surface area contributed by atoms with Gasteiger partial charge in [-0.05, 0) is 32.0 Å². The average Bonchev–Trinajstić information content (AvgIpc) is 3.54. The number of H-pyrrole nitrogens is 1. The zero-order valence-corrected chi connectivity index (χ0v) is 19.9. The highest BCUT2D eigenvalue weighted by Crippen LogP contribution is 2.35. The molecule has 0 aromatic carbocycles. The van der Waals surface area contributed by atoms with Gasteiger partial charge < -0.3 is 9.40 Å². The van der Waals surface area contributed by atoms with Gasteiger partial charge in [-0.2, -0.15) is 0 Å². The monoisotopic (exact) mass is 481 g/mol. The number of nitrogens with one attached hydrogen (secondary N) is 1. The lowest BCUT2D eigenvalue weighted by Crippen LogP contribution is -2.11. The van der Waals surface area contributed by atoms with E-state index >= 15 is 0 Å². The summed E-state index contributed by atoms with van der Waals surface area (Å²) >= 11 is 4.64. The van der Waals surface area contributed by atoms with E-state index in [0.717, 1.165) is 37.6 Å². The largest absolute Gasteiger partial charge is 0.469 e. The zero-order valence-electron chi connectivity index (χ0n) is 17.4. The molecule has 5 aromatic rings. The number of hydrogen-bond acceptors (Lipinski definition) is 8. The summed E-state index contributed by atoms with van der Waals surface area (Å²) in [5.41, 5.74) is 1.73. The van der Waals surface area contributed by atoms with Crippen LogP contribution in [0, 0.1) is 13.8 Å². The fraction of sp³-hybridized carbons (Fsp3) is 0.182. The van der Waals surface area contributed by atoms with Crippen molar-refractivity contribution in [2.75, 3.05) is 0 Å². The first kappa shape index (κ1) is 20.9. The van der Waals surface area contributed by atoms with Crippen LogP contribution in [-0.2, 0) is 12.3 Å². The minimum absolute atomic E-state index is 0.116. The second-order valence-corrected chi connectivity index (χ2v) is 10.2. The van der Waals surface area contributed by atoms with E-state index in [1.165, 1.54) is 28.0 Å². The molecule has 0 saturated heterocycles. The molecule has 0 amide bonds. The second-order valence-electron chi connectivity index (χ2n) is 7.14. The molecule has 0 atom stereocenters. The topological polar surface area (TPSA) is 89.6 Å². The normalized spacial score (nSPS) is 11.4. The Bertz CT molecular complexity index is 1490. The smallest absolute Gasteiger partial charge is 0.260 e. The summed E-state index contributed by atoms with van der Waals surface area (Å²) in [5, 5.41) is 12.1. The Morgan fingerprint density at radius 2 is 2.12 bits per heavy atom. The van der Waals surface area contributed by atoms with Gasteiger partial charge in [0.1, 0.15) is 16.4 Å². The number of aryl methyl sites for hydroxylation is 2. The van der Waals surface area contributed by atoms with Crippen LogP contribution < -0.4 is 5.56 Å². The number of aromatic amines is 1. The summed E-state index contributed by atoms with van der Waals surface area (Å²) < 4.78 is 7.40. The number of nitrogens with zero attached hydrogens (tertiary/aromatic N) is 4. The molecule has 0 saturated carbocycles. The highest BCUT2D eigenvalue weighted by molar-refractivity contribution is 7.98. The predicted molar refractivity (Wildman–Crippen MR) is 131 cm³/mol. The van der Waals surface area contributed by atoms with Crippen LogP contribution in [0.2, 0.25) is 0 Å². The quantitative estimate of drug-likeness (QED) is 0.238. The van der Waals surface area contributed by atoms with Crippen LogP contribution >= 0.6 is 34.4 Å². The maximum absolute atomic E-state index is 12.9. The van der Waals surface area contributed by atoms with Gasteiger partial charge in [0.15, 0.2) is 11.0 Å². The summed E-state index contributed by atoms with van der Waals surface area (Å²) in [6.07, 6.45) is 3.44. The van der Waals surface area contributed by atoms with Gasteiger partial charge in [-0.3, -0.25) is 9.36 Å². The average molecular weight is 482 g/mol. The van der Waals surface area contributed by atoms with Crippen molar-refractivity contribution in [1.29, 1.82) is 0 Å². The van der Waals surface area contributed by atoms with Crippen molar-refractivity contribution in [3.05, 3.63) is 69.3 Å². The molecule has 162 valence electrons. The van der Waals surface area contributed by atoms with Gasteiger partial charge in [0.2, 0.25) is 0 Å². The number of thiophene rings is 2. The molecule has 0 fully saturated rings. The van der Waals surface area contributed by atoms with Crippen LogP contribution in [0.4, 0.5) is 0 Å². The van der Waals surface area contributed by atoms with E-state index in [0.29, 0.717) is 23.5 Å². The first-order valence-corrected chi connectivity index (χ1v) is 12.5. The van der Waals surface area contributed by atoms with Gasteiger partial charge in [0.25, 0.3) is 5.56 Å². The highest BCUT2D eigenvalue weighted by atomic mass is 32.2. The molecule has 32 heavy (non-hydrogen) atoms. The Hall–Kier alpha value is -2.95. The van der Waals surface area contributed by atoms with Crippen molar-refractivity contribution in [1.82, 2.24) is 24.7 Å². The molecule has 5 aromatic heterocycles. The maximum Gasteiger partial charge on any atom is 0.260 e. The van der Waals surface area contributed by atoms with E-state index in [1.807, 2.05) is 22.9 Å². The van der Waals surface area contributed by atoms with Gasteiger partial charge >= 0.3 is 0 Å². The molecule has 0 aliphatic carbocycles. The lowest BCUT2D eigenvalue weighted by molar-refractivity contribution is 0.534. The minimum Gasteiger partial charge on any atom is -0.469 e. The van der Waals surface area contributed by atoms with Gasteiger partial charge in [0.05, 0.1) is 23.0 Å². The maximum atomic E-state index is 12.9. The van der Waals surface area contributed by atoms with Crippen molar-refractivity contribution >= 4 is 44.7 Å². The Labute approximate surface area is 195 Å². The van der Waals surface area contributed by atoms with E-state index in [2.05, 4.69) is 40.8 Å². The van der Waals surface area contributed by atoms with E-state index in [-0.39, 0.29) is 5.56 Å². The lowest BCUT2D eigenvalue weighted by atomic mass is 10.2. The Morgan fingerprint density at radius 1 is 1.25 bits per heavy atom. The summed E-state index contributed by atoms with van der Waals surface area (Å²) in [6, 6.07) is 6.00. The first-order chi connectivity index (χ1) is 15.5. The summed E-state index contributed by atoms with van der Waals surface area (Å²) in [5.74, 6) is 2.59. The predicted octanol–water partition coefficient (Wildman–Crippen LogP) is 5.66. The van der Waals surface area contributed by atoms with Crippen molar-refractivity contribution < 1.29 is 4.42 Å². The van der Waals surface area contributed by atoms with E-state index in [9.17, 15) is 4.79 Å². The SMILES string of the molecule is C=CCn1c(SCc2nc3scc(-c4ccc(C)s4)c3c(=O)[nH]2)nnc1-c1ccoc1C. The molecule has 0 radical (unpaired) electrons. The van der Waals surface area contributed by atoms with Crippen molar-refractivity contribution in [3.63, 3.8) is 0 Å². The number of hydrogen-bond donors (Lipinski definition) is 1. The van der Waals surface area contributed by atoms with E-state index in [1.54, 1.807) is 23.7 Å². The summed E-state index contributed by atoms with van der Waals surface area (Å²) in [4.78, 5) is 23.6. The van der Waals surface area contributed by atoms with Crippen molar-refractivity contribution in [2.24, 2.45) is 0 Å². The molecule has 0 unspecified atom stereocenters. The molecule has 5 heterocycles. The van der Waals surface area contributed by atoms with Crippen LogP contribution in [-0.4, -0.2) is 24.7 Å². The van der Waals surface area contributed by atoms with Crippen molar-refractivity contribution in [3.8, 4) is 21.8 Å². The number of aromatic nitrogens is 5. The fourth-order valence-electron chi connectivity index (χ4n) is 3.46. The van der Waals surface area contributed by atoms with Gasteiger partial charge in [-0.25, -0.2) is 4.98 Å². The molecule has 1 N–H and O–H groups in total. The lowest BCUT2D eigenvalue weighted by Gasteiger charge is -2.07. The fourth-order valence-corrected chi connectivity index (χ4v) is 6.20. The third-order valence-corrected chi connectivity index (χ3v) is 7.85. The third kappa shape index (κ3) is 3.74. The van der Waals surface area contributed by atoms with E-state index in [4.69, 9.17) is 9.40 Å². The molecule has 5 rings (SSSR count). The molecule has 7 nitrogen and oxygen atoms in total. The summed E-state index contributed by atoms with van der Waals surface area (Å²) in [7, 11) is 0. The standard InChI is InChI=1S/C22H19N5O2S3/c1-4-8-27-19(14-7-9-29-13(14)3)25-26-22(27)31-11-17-23-20(28)18-15(10-30-21(18)24-17)16-6-5-12(2)32-16/h4-7,9-10H,1,8,11H2,2-3H3,(H,23,24,28). The molecule has 10 heteroatoms. The van der Waals surface area contributed by atoms with Gasteiger partial charge in [0, 0.05) is 27.2 Å². The van der Waals surface area contributed by atoms with Crippen LogP contribution in [0.1, 0.15) is 16.5 Å². The van der Waals surface area contributed by atoms with Crippen LogP contribution in [0.5, 0.6) is 0 Å². The highest BCUT2D eigenvalue weighted by Gasteiger charge is 2.18. The Morgan fingerprint density at radius 3 is 2.84 bits per heavy atom. The molecule has 0 bridgehead atoms. The number of fused-ring (bicyclic) bond motifs is 1. The Kier molecular flexibility index (Phi) is 5.58. The Balaban J connectivity index is 1.44. The summed E-state index contributed by atoms with van der Waals surface area (Å²) in [6.45, 7) is 8.36. The second kappa shape index (κ2) is 8.53. The van der Waals surface area contributed by atoms with Crippen LogP contribution in [0.15, 0.2) is 56.9 Å². The number of furan rings is 1. The molecule has 0 aliphatic heterocycles. The molecular formula is C22H19N5O2S3. The third-order valence-electron chi connectivity index (χ3n) is 4.97. The zero-order chi connectivity index (χ0) is 22.2. The first-order valence-electron chi connectivity index (χ1n) is 9.83. The van der Waals surface area contributed by atoms with Gasteiger partial charge in [-0.15, -0.1) is 39.4 Å². The molecule has 0 aliphatic rings. The van der Waals surface area contributed by atoms with Crippen molar-refractivity contribution in [2.45, 2.75) is 31.3 Å². The molecular weight excluding hydrogens is 462 g/mol. The number of thioether (sulfide) groups is 1. The van der Waals surface area contributed by atoms with Crippen LogP contribution in [0.3, 0.4) is 0 Å². The molecule has 0 spiro atoms. The van der Waals surface area contributed by atoms with Gasteiger partial charge in [-0.1, -0.05) is 17.8 Å².